The van der Waals surface area contributed by atoms with E-state index in [2.05, 4.69) is 161 Å². The van der Waals surface area contributed by atoms with Gasteiger partial charge < -0.3 is 4.57 Å². The summed E-state index contributed by atoms with van der Waals surface area (Å²) in [5, 5.41) is 8.52. The van der Waals surface area contributed by atoms with E-state index in [4.69, 9.17) is 9.97 Å². The number of aromatic nitrogens is 4. The number of para-hydroxylation sites is 3. The molecule has 0 aliphatic heterocycles. The zero-order chi connectivity index (χ0) is 32.1. The van der Waals surface area contributed by atoms with Gasteiger partial charge in [-0.2, -0.15) is 0 Å². The molecule has 0 fully saturated rings. The first kappa shape index (κ1) is 26.7. The third kappa shape index (κ3) is 3.85. The number of nitrogens with zero attached hydrogens (tertiary/aromatic N) is 4. The maximum absolute atomic E-state index is 5.29. The highest BCUT2D eigenvalue weighted by Gasteiger charge is 2.18. The van der Waals surface area contributed by atoms with Gasteiger partial charge in [0.2, 0.25) is 0 Å². The van der Waals surface area contributed by atoms with Crippen molar-refractivity contribution >= 4 is 86.2 Å². The maximum Gasteiger partial charge on any atom is 0.157 e. The van der Waals surface area contributed by atoms with Crippen molar-refractivity contribution in [1.82, 2.24) is 19.1 Å². The van der Waals surface area contributed by atoms with E-state index >= 15 is 0 Å². The Morgan fingerprint density at radius 2 is 1.12 bits per heavy atom. The average molecular weight is 643 g/mol. The molecular formula is C44H26N4S. The van der Waals surface area contributed by atoms with E-state index in [9.17, 15) is 0 Å². The number of rotatable bonds is 3. The number of thiophene rings is 1. The van der Waals surface area contributed by atoms with Gasteiger partial charge in [-0.25, -0.2) is 9.97 Å². The van der Waals surface area contributed by atoms with Crippen LogP contribution in [0.2, 0.25) is 0 Å². The molecule has 0 bridgehead atoms. The summed E-state index contributed by atoms with van der Waals surface area (Å²) in [5.74, 6) is 0.827. The molecule has 49 heavy (non-hydrogen) atoms. The van der Waals surface area contributed by atoms with Gasteiger partial charge in [0.1, 0.15) is 10.3 Å². The fraction of sp³-hybridized carbons (Fsp3) is 0. The first-order valence-corrected chi connectivity index (χ1v) is 17.3. The van der Waals surface area contributed by atoms with Crippen LogP contribution in [0.1, 0.15) is 0 Å². The first-order valence-electron chi connectivity index (χ1n) is 16.5. The molecule has 0 aliphatic carbocycles. The van der Waals surface area contributed by atoms with Crippen LogP contribution in [0.4, 0.5) is 0 Å². The van der Waals surface area contributed by atoms with Crippen LogP contribution in [0, 0.1) is 0 Å². The summed E-state index contributed by atoms with van der Waals surface area (Å²) in [7, 11) is 0. The summed E-state index contributed by atoms with van der Waals surface area (Å²) in [6.07, 6.45) is 1.94. The Morgan fingerprint density at radius 3 is 1.98 bits per heavy atom. The molecule has 0 spiro atoms. The van der Waals surface area contributed by atoms with Crippen molar-refractivity contribution in [3.05, 3.63) is 158 Å². The number of hydrogen-bond acceptors (Lipinski definition) is 3. The predicted octanol–water partition coefficient (Wildman–Crippen LogP) is 11.9. The molecule has 0 N–H and O–H groups in total. The monoisotopic (exact) mass is 642 g/mol. The molecule has 0 amide bonds. The van der Waals surface area contributed by atoms with E-state index in [0.29, 0.717) is 0 Å². The van der Waals surface area contributed by atoms with Crippen LogP contribution in [0.25, 0.3) is 97.4 Å². The van der Waals surface area contributed by atoms with Crippen molar-refractivity contribution in [2.75, 3.05) is 0 Å². The second-order valence-corrected chi connectivity index (χ2v) is 13.7. The Bertz CT molecular complexity index is 3110. The zero-order valence-electron chi connectivity index (χ0n) is 26.2. The summed E-state index contributed by atoms with van der Waals surface area (Å²) >= 11 is 1.71. The summed E-state index contributed by atoms with van der Waals surface area (Å²) in [6.45, 7) is 0. The lowest BCUT2D eigenvalue weighted by atomic mass is 10.0. The average Bonchev–Trinajstić information content (AvgIpc) is 3.82. The lowest BCUT2D eigenvalue weighted by Gasteiger charge is -2.09. The Balaban J connectivity index is 1.12. The smallest absolute Gasteiger partial charge is 0.157 e. The van der Waals surface area contributed by atoms with Crippen molar-refractivity contribution in [2.45, 2.75) is 0 Å². The minimum Gasteiger partial charge on any atom is -0.309 e. The van der Waals surface area contributed by atoms with Gasteiger partial charge >= 0.3 is 0 Å². The van der Waals surface area contributed by atoms with Gasteiger partial charge in [0.25, 0.3) is 0 Å². The van der Waals surface area contributed by atoms with E-state index in [0.717, 1.165) is 38.4 Å². The highest BCUT2D eigenvalue weighted by Crippen LogP contribution is 2.40. The van der Waals surface area contributed by atoms with E-state index < -0.39 is 0 Å². The largest absolute Gasteiger partial charge is 0.309 e. The third-order valence-electron chi connectivity index (χ3n) is 9.99. The van der Waals surface area contributed by atoms with Gasteiger partial charge in [-0.05, 0) is 70.4 Å². The zero-order valence-corrected chi connectivity index (χ0v) is 27.0. The number of fused-ring (bicyclic) bond motifs is 11. The molecule has 228 valence electrons. The Labute approximate surface area is 284 Å². The first-order chi connectivity index (χ1) is 24.3. The van der Waals surface area contributed by atoms with Crippen LogP contribution < -0.4 is 0 Å². The quantitative estimate of drug-likeness (QED) is 0.192. The number of hydrogen-bond donors (Lipinski definition) is 0. The van der Waals surface area contributed by atoms with Crippen LogP contribution in [0.5, 0.6) is 0 Å². The Morgan fingerprint density at radius 1 is 0.469 bits per heavy atom. The van der Waals surface area contributed by atoms with E-state index in [1.165, 1.54) is 59.0 Å². The molecule has 4 nitrogen and oxygen atoms in total. The molecule has 0 radical (unpaired) electrons. The van der Waals surface area contributed by atoms with Gasteiger partial charge in [0.05, 0.1) is 28.3 Å². The molecule has 11 aromatic rings. The summed E-state index contributed by atoms with van der Waals surface area (Å²) < 4.78 is 5.85. The van der Waals surface area contributed by atoms with Gasteiger partial charge in [0, 0.05) is 37.3 Å². The summed E-state index contributed by atoms with van der Waals surface area (Å²) in [6, 6.07) is 54.5. The normalized spacial score (nSPS) is 12.1. The highest BCUT2D eigenvalue weighted by atomic mass is 32.1. The van der Waals surface area contributed by atoms with Crippen molar-refractivity contribution in [2.24, 2.45) is 0 Å². The molecule has 0 saturated carbocycles. The molecule has 0 aliphatic rings. The van der Waals surface area contributed by atoms with Crippen LogP contribution in [-0.4, -0.2) is 19.1 Å². The fourth-order valence-corrected chi connectivity index (χ4v) is 8.85. The van der Waals surface area contributed by atoms with Gasteiger partial charge in [-0.3, -0.25) is 4.57 Å². The molecule has 4 heterocycles. The number of benzene rings is 7. The van der Waals surface area contributed by atoms with E-state index in [-0.39, 0.29) is 0 Å². The molecular weight excluding hydrogens is 617 g/mol. The van der Waals surface area contributed by atoms with Crippen molar-refractivity contribution in [3.63, 3.8) is 0 Å². The Hall–Kier alpha value is -6.30. The lowest BCUT2D eigenvalue weighted by molar-refractivity contribution is 1.08. The summed E-state index contributed by atoms with van der Waals surface area (Å²) in [4.78, 5) is 11.3. The maximum atomic E-state index is 5.29. The molecule has 7 aromatic carbocycles. The second kappa shape index (κ2) is 10.1. The molecule has 0 unspecified atom stereocenters. The SMILES string of the molecule is c1ccc(-n2c3ccccc3c3cc(-c4ccc5c6ccccc6n(-c6cnc7c(n6)sc6ccc8ccccc8c67)c5c4)ccc32)cc1. The molecule has 5 heteroatoms. The predicted molar refractivity (Wildman–Crippen MR) is 207 cm³/mol. The van der Waals surface area contributed by atoms with Gasteiger partial charge in [-0.1, -0.05) is 103 Å². The fourth-order valence-electron chi connectivity index (χ4n) is 7.80. The van der Waals surface area contributed by atoms with Crippen LogP contribution in [0.3, 0.4) is 0 Å². The van der Waals surface area contributed by atoms with Crippen molar-refractivity contribution < 1.29 is 0 Å². The third-order valence-corrected chi connectivity index (χ3v) is 11.0. The minimum atomic E-state index is 0.827. The molecule has 11 rings (SSSR count). The summed E-state index contributed by atoms with van der Waals surface area (Å²) in [5.41, 5.74) is 9.12. The van der Waals surface area contributed by atoms with Crippen molar-refractivity contribution in [3.8, 4) is 22.6 Å². The molecule has 0 atom stereocenters. The Kier molecular flexibility index (Phi) is 5.51. The van der Waals surface area contributed by atoms with Crippen molar-refractivity contribution in [1.29, 1.82) is 0 Å². The van der Waals surface area contributed by atoms with Gasteiger partial charge in [-0.15, -0.1) is 11.3 Å². The minimum absolute atomic E-state index is 0.827. The molecule has 4 aromatic heterocycles. The second-order valence-electron chi connectivity index (χ2n) is 12.6. The lowest BCUT2D eigenvalue weighted by Crippen LogP contribution is -1.98. The highest BCUT2D eigenvalue weighted by molar-refractivity contribution is 7.25. The van der Waals surface area contributed by atoms with E-state index in [1.54, 1.807) is 11.3 Å². The topological polar surface area (TPSA) is 35.6 Å². The van der Waals surface area contributed by atoms with E-state index in [1.807, 2.05) is 6.20 Å². The van der Waals surface area contributed by atoms with Gasteiger partial charge in [0.15, 0.2) is 5.82 Å². The van der Waals surface area contributed by atoms with Crippen LogP contribution in [-0.2, 0) is 0 Å². The van der Waals surface area contributed by atoms with Crippen LogP contribution in [0.15, 0.2) is 158 Å². The molecule has 0 saturated heterocycles. The van der Waals surface area contributed by atoms with Crippen LogP contribution >= 0.6 is 11.3 Å². The standard InChI is InChI=1S/C44H26N4S/c1-2-11-30(12-3-1)47-36-16-8-7-15-33(36)35-24-28(19-22-38(35)47)29-18-21-34-32-14-6-9-17-37(32)48(39(34)25-29)41-26-45-43-42-31-13-5-4-10-27(31)20-23-40(42)49-44(43)46-41/h1-26H.